The summed E-state index contributed by atoms with van der Waals surface area (Å²) in [6.45, 7) is -0.297. The quantitative estimate of drug-likeness (QED) is 0.537. The van der Waals surface area contributed by atoms with Gasteiger partial charge in [0.2, 0.25) is 5.91 Å². The van der Waals surface area contributed by atoms with Crippen molar-refractivity contribution in [2.24, 2.45) is 23.5 Å². The summed E-state index contributed by atoms with van der Waals surface area (Å²) in [6, 6.07) is 7.13. The first-order chi connectivity index (χ1) is 12.5. The largest absolute Gasteiger partial charge is 0.456 e. The van der Waals surface area contributed by atoms with Gasteiger partial charge in [-0.2, -0.15) is 0 Å². The molecule has 0 aromatic heterocycles. The number of nitrogens with one attached hydrogen (secondary N) is 1. The average Bonchev–Trinajstić information content (AvgIpc) is 3.22. The van der Waals surface area contributed by atoms with E-state index in [1.807, 2.05) is 6.07 Å². The lowest BCUT2D eigenvalue weighted by molar-refractivity contribution is -0.148. The first-order valence-electron chi connectivity index (χ1n) is 8.97. The number of thioether (sulfide) groups is 1. The predicted octanol–water partition coefficient (Wildman–Crippen LogP) is 2.57. The molecule has 0 radical (unpaired) electrons. The van der Waals surface area contributed by atoms with Gasteiger partial charge >= 0.3 is 5.97 Å². The zero-order chi connectivity index (χ0) is 18.5. The van der Waals surface area contributed by atoms with Gasteiger partial charge in [-0.3, -0.25) is 14.4 Å². The van der Waals surface area contributed by atoms with Crippen molar-refractivity contribution in [3.8, 4) is 0 Å². The minimum Gasteiger partial charge on any atom is -0.456 e. The molecule has 3 atom stereocenters. The van der Waals surface area contributed by atoms with Gasteiger partial charge in [-0.25, -0.2) is 0 Å². The summed E-state index contributed by atoms with van der Waals surface area (Å²) in [7, 11) is 0. The SMILES string of the molecule is NC(=O)CSc1ccccc1NC(=O)COC(=O)C[C@H]1C[C@H]2CC[C@@H]1C2. The summed E-state index contributed by atoms with van der Waals surface area (Å²) in [5.41, 5.74) is 5.73. The molecular weight excluding hydrogens is 352 g/mol. The highest BCUT2D eigenvalue weighted by Gasteiger charge is 2.40. The zero-order valence-electron chi connectivity index (χ0n) is 14.6. The minimum absolute atomic E-state index is 0.130. The van der Waals surface area contributed by atoms with Gasteiger partial charge in [0.15, 0.2) is 6.61 Å². The van der Waals surface area contributed by atoms with Crippen LogP contribution >= 0.6 is 11.8 Å². The Labute approximate surface area is 157 Å². The molecule has 0 heterocycles. The molecule has 2 saturated carbocycles. The van der Waals surface area contributed by atoms with Crippen molar-refractivity contribution >= 4 is 35.2 Å². The van der Waals surface area contributed by atoms with Crippen molar-refractivity contribution in [1.29, 1.82) is 0 Å². The molecule has 26 heavy (non-hydrogen) atoms. The summed E-state index contributed by atoms with van der Waals surface area (Å²) in [6.07, 6.45) is 5.31. The number of anilines is 1. The van der Waals surface area contributed by atoms with Crippen LogP contribution in [0.1, 0.15) is 32.1 Å². The predicted molar refractivity (Wildman–Crippen MR) is 99.5 cm³/mol. The standard InChI is InChI=1S/C19H24N2O4S/c20-17(22)11-26-16-4-2-1-3-15(16)21-18(23)10-25-19(24)9-14-8-12-5-6-13(14)7-12/h1-4,12-14H,5-11H2,(H2,20,22)(H,21,23)/t12-,13+,14+/m0/s1. The number of hydrogen-bond donors (Lipinski definition) is 2. The summed E-state index contributed by atoms with van der Waals surface area (Å²) in [4.78, 5) is 35.8. The molecule has 7 heteroatoms. The molecule has 2 amide bonds. The second-order valence-corrected chi connectivity index (χ2v) is 8.12. The molecule has 140 valence electrons. The van der Waals surface area contributed by atoms with Crippen molar-refractivity contribution in [2.45, 2.75) is 37.0 Å². The van der Waals surface area contributed by atoms with Crippen LogP contribution in [0.2, 0.25) is 0 Å². The van der Waals surface area contributed by atoms with Crippen molar-refractivity contribution in [2.75, 3.05) is 17.7 Å². The third kappa shape index (κ3) is 5.00. The molecule has 0 spiro atoms. The molecule has 2 aliphatic carbocycles. The molecular formula is C19H24N2O4S. The van der Waals surface area contributed by atoms with Gasteiger partial charge in [0.05, 0.1) is 11.4 Å². The topological polar surface area (TPSA) is 98.5 Å². The fourth-order valence-corrected chi connectivity index (χ4v) is 4.82. The van der Waals surface area contributed by atoms with Crippen LogP contribution in [-0.2, 0) is 19.1 Å². The molecule has 2 fully saturated rings. The Balaban J connectivity index is 1.44. The van der Waals surface area contributed by atoms with E-state index in [1.54, 1.807) is 18.2 Å². The molecule has 2 bridgehead atoms. The third-order valence-corrected chi connectivity index (χ3v) is 6.30. The molecule has 2 aliphatic rings. The Morgan fingerprint density at radius 2 is 2.00 bits per heavy atom. The van der Waals surface area contributed by atoms with E-state index in [0.29, 0.717) is 23.9 Å². The number of nitrogens with two attached hydrogens (primary N) is 1. The second kappa shape index (κ2) is 8.58. The number of ether oxygens (including phenoxy) is 1. The Bertz CT molecular complexity index is 694. The summed E-state index contributed by atoms with van der Waals surface area (Å²) >= 11 is 1.25. The highest BCUT2D eigenvalue weighted by Crippen LogP contribution is 2.49. The van der Waals surface area contributed by atoms with Crippen LogP contribution in [0.15, 0.2) is 29.2 Å². The van der Waals surface area contributed by atoms with Crippen LogP contribution in [-0.4, -0.2) is 30.1 Å². The number of benzene rings is 1. The highest BCUT2D eigenvalue weighted by atomic mass is 32.2. The number of rotatable bonds is 8. The number of fused-ring (bicyclic) bond motifs is 2. The van der Waals surface area contributed by atoms with E-state index in [0.717, 1.165) is 17.2 Å². The van der Waals surface area contributed by atoms with Gasteiger partial charge in [0, 0.05) is 11.3 Å². The zero-order valence-corrected chi connectivity index (χ0v) is 15.4. The number of para-hydroxylation sites is 1. The molecule has 1 aromatic rings. The fraction of sp³-hybridized carbons (Fsp3) is 0.526. The van der Waals surface area contributed by atoms with Crippen molar-refractivity contribution in [3.63, 3.8) is 0 Å². The lowest BCUT2D eigenvalue weighted by Crippen LogP contribution is -2.23. The maximum atomic E-state index is 12.1. The lowest BCUT2D eigenvalue weighted by Gasteiger charge is -2.20. The van der Waals surface area contributed by atoms with Gasteiger partial charge in [0.25, 0.3) is 5.91 Å². The van der Waals surface area contributed by atoms with Gasteiger partial charge in [-0.05, 0) is 49.1 Å². The number of primary amides is 1. The van der Waals surface area contributed by atoms with E-state index < -0.39 is 11.8 Å². The third-order valence-electron chi connectivity index (χ3n) is 5.21. The van der Waals surface area contributed by atoms with E-state index in [4.69, 9.17) is 10.5 Å². The Morgan fingerprint density at radius 3 is 2.69 bits per heavy atom. The van der Waals surface area contributed by atoms with Crippen molar-refractivity contribution in [3.05, 3.63) is 24.3 Å². The lowest BCUT2D eigenvalue weighted by atomic mass is 9.86. The summed E-state index contributed by atoms with van der Waals surface area (Å²) < 4.78 is 5.15. The van der Waals surface area contributed by atoms with E-state index in [2.05, 4.69) is 5.32 Å². The van der Waals surface area contributed by atoms with Crippen LogP contribution in [0.4, 0.5) is 5.69 Å². The van der Waals surface area contributed by atoms with Crippen LogP contribution in [0.25, 0.3) is 0 Å². The first-order valence-corrected chi connectivity index (χ1v) is 9.95. The van der Waals surface area contributed by atoms with E-state index in [-0.39, 0.29) is 18.3 Å². The maximum Gasteiger partial charge on any atom is 0.306 e. The highest BCUT2D eigenvalue weighted by molar-refractivity contribution is 8.00. The number of esters is 1. The smallest absolute Gasteiger partial charge is 0.306 e. The van der Waals surface area contributed by atoms with Crippen LogP contribution < -0.4 is 11.1 Å². The Kier molecular flexibility index (Phi) is 6.19. The first kappa shape index (κ1) is 18.8. The molecule has 3 rings (SSSR count). The minimum atomic E-state index is -0.425. The number of carbonyl (C=O) groups is 3. The molecule has 0 aliphatic heterocycles. The maximum absolute atomic E-state index is 12.1. The molecule has 0 saturated heterocycles. The van der Waals surface area contributed by atoms with Crippen molar-refractivity contribution in [1.82, 2.24) is 0 Å². The number of amides is 2. The fourth-order valence-electron chi connectivity index (χ4n) is 4.08. The molecule has 3 N–H and O–H groups in total. The van der Waals surface area contributed by atoms with Gasteiger partial charge < -0.3 is 15.8 Å². The van der Waals surface area contributed by atoms with Crippen LogP contribution in [0, 0.1) is 17.8 Å². The Morgan fingerprint density at radius 1 is 1.19 bits per heavy atom. The van der Waals surface area contributed by atoms with Crippen LogP contribution in [0.5, 0.6) is 0 Å². The summed E-state index contributed by atoms with van der Waals surface area (Å²) in [5, 5.41) is 2.72. The monoisotopic (exact) mass is 376 g/mol. The van der Waals surface area contributed by atoms with E-state index in [1.165, 1.54) is 31.0 Å². The van der Waals surface area contributed by atoms with Crippen LogP contribution in [0.3, 0.4) is 0 Å². The van der Waals surface area contributed by atoms with E-state index in [9.17, 15) is 14.4 Å². The van der Waals surface area contributed by atoms with Gasteiger partial charge in [0.1, 0.15) is 0 Å². The second-order valence-electron chi connectivity index (χ2n) is 7.10. The normalized spacial score (nSPS) is 23.6. The molecule has 0 unspecified atom stereocenters. The van der Waals surface area contributed by atoms with E-state index >= 15 is 0 Å². The summed E-state index contributed by atoms with van der Waals surface area (Å²) in [5.74, 6) is 0.894. The average molecular weight is 376 g/mol. The molecule has 6 nitrogen and oxygen atoms in total. The van der Waals surface area contributed by atoms with Crippen molar-refractivity contribution < 1.29 is 19.1 Å². The Hall–Kier alpha value is -2.02. The van der Waals surface area contributed by atoms with Gasteiger partial charge in [-0.1, -0.05) is 18.6 Å². The number of hydrogen-bond acceptors (Lipinski definition) is 5. The number of carbonyl (C=O) groups excluding carboxylic acids is 3. The molecule has 1 aromatic carbocycles. The van der Waals surface area contributed by atoms with Gasteiger partial charge in [-0.15, -0.1) is 11.8 Å².